The van der Waals surface area contributed by atoms with Gasteiger partial charge in [-0.2, -0.15) is 0 Å². The Labute approximate surface area is 106 Å². The predicted octanol–water partition coefficient (Wildman–Crippen LogP) is 0.442. The molecular weight excluding hydrogens is 240 g/mol. The first-order valence-electron chi connectivity index (χ1n) is 6.54. The van der Waals surface area contributed by atoms with E-state index < -0.39 is 11.8 Å². The molecule has 2 aliphatic rings. The SMILES string of the molecule is CN1CCC(NC(=O)C2CNCC(F)(F)C2)CC1. The molecule has 2 rings (SSSR count). The van der Waals surface area contributed by atoms with E-state index in [9.17, 15) is 13.6 Å². The lowest BCUT2D eigenvalue weighted by atomic mass is 9.95. The van der Waals surface area contributed by atoms with Gasteiger partial charge in [0.05, 0.1) is 12.5 Å². The van der Waals surface area contributed by atoms with Gasteiger partial charge in [0.2, 0.25) is 5.91 Å². The lowest BCUT2D eigenvalue weighted by Crippen LogP contribution is -2.52. The number of nitrogens with one attached hydrogen (secondary N) is 2. The van der Waals surface area contributed by atoms with Crippen molar-refractivity contribution in [2.75, 3.05) is 33.2 Å². The maximum Gasteiger partial charge on any atom is 0.261 e. The molecule has 6 heteroatoms. The molecule has 18 heavy (non-hydrogen) atoms. The fraction of sp³-hybridized carbons (Fsp3) is 0.917. The highest BCUT2D eigenvalue weighted by molar-refractivity contribution is 5.79. The molecule has 0 saturated carbocycles. The number of nitrogens with zero attached hydrogens (tertiary/aromatic N) is 1. The van der Waals surface area contributed by atoms with Crippen molar-refractivity contribution in [1.82, 2.24) is 15.5 Å². The van der Waals surface area contributed by atoms with Gasteiger partial charge in [-0.15, -0.1) is 0 Å². The second-order valence-corrected chi connectivity index (χ2v) is 5.47. The first kappa shape index (κ1) is 13.7. The molecule has 0 bridgehead atoms. The largest absolute Gasteiger partial charge is 0.353 e. The highest BCUT2D eigenvalue weighted by Crippen LogP contribution is 2.26. The van der Waals surface area contributed by atoms with Crippen molar-refractivity contribution in [1.29, 1.82) is 0 Å². The van der Waals surface area contributed by atoms with E-state index in [4.69, 9.17) is 0 Å². The average molecular weight is 261 g/mol. The molecule has 2 heterocycles. The average Bonchev–Trinajstić information content (AvgIpc) is 2.31. The van der Waals surface area contributed by atoms with Gasteiger partial charge < -0.3 is 15.5 Å². The minimum atomic E-state index is -2.76. The van der Waals surface area contributed by atoms with E-state index >= 15 is 0 Å². The van der Waals surface area contributed by atoms with Crippen LogP contribution in [0.15, 0.2) is 0 Å². The van der Waals surface area contributed by atoms with E-state index in [1.165, 1.54) is 0 Å². The summed E-state index contributed by atoms with van der Waals surface area (Å²) in [5.74, 6) is -3.59. The molecule has 1 atom stereocenters. The van der Waals surface area contributed by atoms with Gasteiger partial charge in [0, 0.05) is 19.0 Å². The molecule has 1 unspecified atom stereocenters. The Morgan fingerprint density at radius 1 is 1.39 bits per heavy atom. The highest BCUT2D eigenvalue weighted by atomic mass is 19.3. The van der Waals surface area contributed by atoms with Crippen molar-refractivity contribution in [3.05, 3.63) is 0 Å². The number of carbonyl (C=O) groups excluding carboxylic acids is 1. The van der Waals surface area contributed by atoms with Gasteiger partial charge in [0.15, 0.2) is 0 Å². The van der Waals surface area contributed by atoms with Crippen LogP contribution < -0.4 is 10.6 Å². The van der Waals surface area contributed by atoms with Crippen LogP contribution in [0.5, 0.6) is 0 Å². The Morgan fingerprint density at radius 3 is 2.67 bits per heavy atom. The molecule has 1 amide bonds. The van der Waals surface area contributed by atoms with Crippen molar-refractivity contribution in [2.45, 2.75) is 31.2 Å². The van der Waals surface area contributed by atoms with Crippen LogP contribution in [-0.2, 0) is 4.79 Å². The summed E-state index contributed by atoms with van der Waals surface area (Å²) in [5, 5.41) is 5.54. The number of piperidine rings is 2. The minimum Gasteiger partial charge on any atom is -0.353 e. The van der Waals surface area contributed by atoms with Crippen LogP contribution in [0.3, 0.4) is 0 Å². The maximum absolute atomic E-state index is 13.2. The zero-order valence-corrected chi connectivity index (χ0v) is 10.7. The Bertz CT molecular complexity index is 304. The van der Waals surface area contributed by atoms with E-state index in [1.54, 1.807) is 0 Å². The molecule has 0 spiro atoms. The van der Waals surface area contributed by atoms with E-state index in [2.05, 4.69) is 15.5 Å². The minimum absolute atomic E-state index is 0.143. The Morgan fingerprint density at radius 2 is 2.06 bits per heavy atom. The summed E-state index contributed by atoms with van der Waals surface area (Å²) in [5.41, 5.74) is 0. The third-order valence-electron chi connectivity index (χ3n) is 3.76. The second-order valence-electron chi connectivity index (χ2n) is 5.47. The number of amides is 1. The fourth-order valence-corrected chi connectivity index (χ4v) is 2.59. The summed E-state index contributed by atoms with van der Waals surface area (Å²) in [6.07, 6.45) is 1.47. The van der Waals surface area contributed by atoms with Crippen molar-refractivity contribution in [3.8, 4) is 0 Å². The van der Waals surface area contributed by atoms with Crippen LogP contribution >= 0.6 is 0 Å². The first-order valence-corrected chi connectivity index (χ1v) is 6.54. The van der Waals surface area contributed by atoms with Crippen LogP contribution in [0.4, 0.5) is 8.78 Å². The van der Waals surface area contributed by atoms with Crippen LogP contribution in [0.2, 0.25) is 0 Å². The molecule has 2 N–H and O–H groups in total. The zero-order valence-electron chi connectivity index (χ0n) is 10.7. The number of halogens is 2. The molecule has 2 aliphatic heterocycles. The van der Waals surface area contributed by atoms with Crippen molar-refractivity contribution < 1.29 is 13.6 Å². The molecule has 4 nitrogen and oxygen atoms in total. The summed E-state index contributed by atoms with van der Waals surface area (Å²) >= 11 is 0. The van der Waals surface area contributed by atoms with Crippen molar-refractivity contribution in [2.24, 2.45) is 5.92 Å². The fourth-order valence-electron chi connectivity index (χ4n) is 2.59. The molecule has 2 fully saturated rings. The monoisotopic (exact) mass is 261 g/mol. The number of hydrogen-bond donors (Lipinski definition) is 2. The third kappa shape index (κ3) is 3.62. The van der Waals surface area contributed by atoms with Gasteiger partial charge >= 0.3 is 0 Å². The van der Waals surface area contributed by atoms with Gasteiger partial charge in [-0.3, -0.25) is 4.79 Å². The van der Waals surface area contributed by atoms with Crippen molar-refractivity contribution >= 4 is 5.91 Å². The molecule has 0 aromatic heterocycles. The molecule has 2 saturated heterocycles. The standard InChI is InChI=1S/C12H21F2N3O/c1-17-4-2-10(3-5-17)16-11(18)9-6-12(13,14)8-15-7-9/h9-10,15H,2-8H2,1H3,(H,16,18). The number of carbonyl (C=O) groups is 1. The summed E-state index contributed by atoms with van der Waals surface area (Å²) in [6.45, 7) is 1.94. The smallest absolute Gasteiger partial charge is 0.261 e. The molecule has 0 aromatic rings. The van der Waals surface area contributed by atoms with Gasteiger partial charge in [0.1, 0.15) is 0 Å². The van der Waals surface area contributed by atoms with Crippen LogP contribution in [0.1, 0.15) is 19.3 Å². The molecule has 0 aromatic carbocycles. The Balaban J connectivity index is 1.80. The van der Waals surface area contributed by atoms with E-state index in [0.29, 0.717) is 6.54 Å². The predicted molar refractivity (Wildman–Crippen MR) is 64.6 cm³/mol. The van der Waals surface area contributed by atoms with Crippen molar-refractivity contribution in [3.63, 3.8) is 0 Å². The highest BCUT2D eigenvalue weighted by Gasteiger charge is 2.39. The quantitative estimate of drug-likeness (QED) is 0.758. The zero-order chi connectivity index (χ0) is 13.2. The number of hydrogen-bond acceptors (Lipinski definition) is 3. The maximum atomic E-state index is 13.2. The van der Waals surface area contributed by atoms with Gasteiger partial charge in [-0.05, 0) is 33.0 Å². The summed E-state index contributed by atoms with van der Waals surface area (Å²) < 4.78 is 26.4. The number of alkyl halides is 2. The van der Waals surface area contributed by atoms with E-state index in [0.717, 1.165) is 25.9 Å². The lowest BCUT2D eigenvalue weighted by molar-refractivity contribution is -0.131. The number of rotatable bonds is 2. The second kappa shape index (κ2) is 5.48. The molecule has 0 radical (unpaired) electrons. The van der Waals surface area contributed by atoms with E-state index in [1.807, 2.05) is 7.05 Å². The molecule has 0 aliphatic carbocycles. The van der Waals surface area contributed by atoms with Crippen LogP contribution in [-0.4, -0.2) is 56.0 Å². The normalized spacial score (nSPS) is 30.1. The topological polar surface area (TPSA) is 44.4 Å². The lowest BCUT2D eigenvalue weighted by Gasteiger charge is -2.33. The summed E-state index contributed by atoms with van der Waals surface area (Å²) in [7, 11) is 2.05. The third-order valence-corrected chi connectivity index (χ3v) is 3.76. The Kier molecular flexibility index (Phi) is 4.17. The van der Waals surface area contributed by atoms with Gasteiger partial charge in [-0.1, -0.05) is 0 Å². The summed E-state index contributed by atoms with van der Waals surface area (Å²) in [6, 6.07) is 0.143. The number of likely N-dealkylation sites (tertiary alicyclic amines) is 1. The van der Waals surface area contributed by atoms with Crippen LogP contribution in [0.25, 0.3) is 0 Å². The van der Waals surface area contributed by atoms with Gasteiger partial charge in [-0.25, -0.2) is 8.78 Å². The molecular formula is C12H21F2N3O. The molecule has 104 valence electrons. The van der Waals surface area contributed by atoms with Gasteiger partial charge in [0.25, 0.3) is 5.92 Å². The Hall–Kier alpha value is -0.750. The van der Waals surface area contributed by atoms with E-state index in [-0.39, 0.29) is 24.9 Å². The first-order chi connectivity index (χ1) is 8.46. The summed E-state index contributed by atoms with van der Waals surface area (Å²) in [4.78, 5) is 14.1. The van der Waals surface area contributed by atoms with Crippen LogP contribution in [0, 0.1) is 5.92 Å².